The van der Waals surface area contributed by atoms with Crippen LogP contribution in [0.2, 0.25) is 0 Å². The van der Waals surface area contributed by atoms with Crippen molar-refractivity contribution in [3.63, 3.8) is 0 Å². The molecule has 0 amide bonds. The molecular formula is C78H79BrN4. The predicted octanol–water partition coefficient (Wildman–Crippen LogP) is 23.4. The molecule has 0 aliphatic heterocycles. The molecule has 83 heavy (non-hydrogen) atoms. The molecular weight excluding hydrogens is 1070 g/mol. The second-order valence-electron chi connectivity index (χ2n) is 26.7. The molecule has 0 atom stereocenters. The molecule has 0 spiro atoms. The highest BCUT2D eigenvalue weighted by atomic mass is 79.9. The van der Waals surface area contributed by atoms with Gasteiger partial charge in [0.25, 0.3) is 0 Å². The summed E-state index contributed by atoms with van der Waals surface area (Å²) in [6.07, 6.45) is 0. The third-order valence-electron chi connectivity index (χ3n) is 16.5. The first-order valence-electron chi connectivity index (χ1n) is 29.4. The van der Waals surface area contributed by atoms with Gasteiger partial charge in [0, 0.05) is 56.3 Å². The number of hydrogen-bond donors (Lipinski definition) is 0. The number of anilines is 9. The van der Waals surface area contributed by atoms with Crippen molar-refractivity contribution in [2.45, 2.75) is 119 Å². The number of nitrogens with zero attached hydrogens (tertiary/aromatic N) is 4. The Morgan fingerprint density at radius 1 is 0.313 bits per heavy atom. The number of rotatable bonds is 11. The zero-order chi connectivity index (χ0) is 58.8. The molecule has 4 nitrogen and oxygen atoms in total. The summed E-state index contributed by atoms with van der Waals surface area (Å²) in [7, 11) is 0. The molecule has 1 aromatic heterocycles. The molecule has 11 rings (SSSR count). The summed E-state index contributed by atoms with van der Waals surface area (Å²) in [6.45, 7) is 32.1. The number of halogens is 1. The summed E-state index contributed by atoms with van der Waals surface area (Å²) in [5.41, 5.74) is 22.7. The summed E-state index contributed by atoms with van der Waals surface area (Å²) in [5.74, 6) is 0. The second-order valence-corrected chi connectivity index (χ2v) is 27.5. The second kappa shape index (κ2) is 21.9. The lowest BCUT2D eigenvalue weighted by molar-refractivity contribution is 0.589. The third kappa shape index (κ3) is 11.3. The van der Waals surface area contributed by atoms with Crippen LogP contribution < -0.4 is 14.7 Å². The maximum absolute atomic E-state index is 4.46. The molecule has 0 radical (unpaired) electrons. The molecule has 0 unspecified atom stereocenters. The van der Waals surface area contributed by atoms with Gasteiger partial charge in [0.15, 0.2) is 0 Å². The lowest BCUT2D eigenvalue weighted by atomic mass is 9.85. The predicted molar refractivity (Wildman–Crippen MR) is 362 cm³/mol. The first kappa shape index (κ1) is 56.7. The molecule has 10 aromatic carbocycles. The lowest BCUT2D eigenvalue weighted by Crippen LogP contribution is -2.19. The van der Waals surface area contributed by atoms with Crippen molar-refractivity contribution in [1.29, 1.82) is 0 Å². The van der Waals surface area contributed by atoms with E-state index in [1.807, 2.05) is 0 Å². The van der Waals surface area contributed by atoms with E-state index in [0.29, 0.717) is 0 Å². The first-order valence-corrected chi connectivity index (χ1v) is 30.1. The average molecular weight is 1150 g/mol. The number of para-hydroxylation sites is 2. The van der Waals surface area contributed by atoms with Gasteiger partial charge >= 0.3 is 0 Å². The van der Waals surface area contributed by atoms with Gasteiger partial charge in [-0.15, -0.1) is 0 Å². The maximum atomic E-state index is 4.46. The Balaban J connectivity index is 1.17. The quantitative estimate of drug-likeness (QED) is 0.128. The number of hydrogen-bond acceptors (Lipinski definition) is 3. The monoisotopic (exact) mass is 1150 g/mol. The van der Waals surface area contributed by atoms with E-state index in [1.54, 1.807) is 0 Å². The standard InChI is InChI=1S/C78H79BrN4/c1-52-46-66(47-53(2)73(52)54-24-17-15-18-25-54)82(72-49-58(78(12,13)14)48-71(74(72)79)81(61-40-34-56(35-41-61)76(6,7)8)62-42-36-57(37-43-62)77(9,10)11)64-29-23-28-63(50-64)80(60-38-32-55(33-39-60)75(3,4)5)65-44-45-68-67-30-21-22-31-69(67)83(70(68)51-65)59-26-19-16-20-27-59/h15-51H,1-14H3. The Labute approximate surface area is 502 Å². The van der Waals surface area contributed by atoms with E-state index in [4.69, 9.17) is 0 Å². The lowest BCUT2D eigenvalue weighted by Gasteiger charge is -2.35. The normalized spacial score (nSPS) is 12.3. The Bertz CT molecular complexity index is 4050. The summed E-state index contributed by atoms with van der Waals surface area (Å²) < 4.78 is 3.39. The van der Waals surface area contributed by atoms with Crippen LogP contribution in [0, 0.1) is 13.8 Å². The highest BCUT2D eigenvalue weighted by molar-refractivity contribution is 9.10. The fourth-order valence-electron chi connectivity index (χ4n) is 11.8. The van der Waals surface area contributed by atoms with Gasteiger partial charge in [0.2, 0.25) is 0 Å². The maximum Gasteiger partial charge on any atom is 0.0657 e. The van der Waals surface area contributed by atoms with E-state index in [1.165, 1.54) is 60.8 Å². The fraction of sp³-hybridized carbons (Fsp3) is 0.231. The Morgan fingerprint density at radius 3 is 1.20 bits per heavy atom. The number of benzene rings is 10. The van der Waals surface area contributed by atoms with Gasteiger partial charge in [-0.05, 0) is 205 Å². The number of fused-ring (bicyclic) bond motifs is 3. The number of aromatic nitrogens is 1. The van der Waals surface area contributed by atoms with Crippen LogP contribution in [-0.4, -0.2) is 4.57 Å². The van der Waals surface area contributed by atoms with Gasteiger partial charge in [0.1, 0.15) is 0 Å². The van der Waals surface area contributed by atoms with Gasteiger partial charge in [-0.1, -0.05) is 198 Å². The van der Waals surface area contributed by atoms with Crippen LogP contribution in [0.25, 0.3) is 38.6 Å². The van der Waals surface area contributed by atoms with E-state index in [9.17, 15) is 0 Å². The molecule has 1 heterocycles. The zero-order valence-corrected chi connectivity index (χ0v) is 52.6. The van der Waals surface area contributed by atoms with Gasteiger partial charge in [0.05, 0.1) is 26.9 Å². The van der Waals surface area contributed by atoms with Crippen molar-refractivity contribution in [3.05, 3.63) is 262 Å². The smallest absolute Gasteiger partial charge is 0.0657 e. The topological polar surface area (TPSA) is 14.7 Å². The summed E-state index contributed by atoms with van der Waals surface area (Å²) in [4.78, 5) is 7.37. The molecule has 0 saturated heterocycles. The summed E-state index contributed by atoms with van der Waals surface area (Å²) >= 11 is 4.46. The zero-order valence-electron chi connectivity index (χ0n) is 51.0. The largest absolute Gasteiger partial charge is 0.310 e. The van der Waals surface area contributed by atoms with Gasteiger partial charge in [-0.25, -0.2) is 0 Å². The molecule has 418 valence electrons. The van der Waals surface area contributed by atoms with Gasteiger partial charge in [-0.3, -0.25) is 0 Å². The molecule has 0 saturated carbocycles. The molecule has 0 aliphatic rings. The van der Waals surface area contributed by atoms with Crippen molar-refractivity contribution in [1.82, 2.24) is 4.57 Å². The van der Waals surface area contributed by atoms with Crippen LogP contribution in [-0.2, 0) is 21.7 Å². The van der Waals surface area contributed by atoms with Crippen molar-refractivity contribution in [2.75, 3.05) is 14.7 Å². The molecule has 0 N–H and O–H groups in total. The highest BCUT2D eigenvalue weighted by Crippen LogP contribution is 2.51. The van der Waals surface area contributed by atoms with Crippen molar-refractivity contribution in [2.24, 2.45) is 0 Å². The third-order valence-corrected chi connectivity index (χ3v) is 17.3. The summed E-state index contributed by atoms with van der Waals surface area (Å²) in [6, 6.07) is 83.6. The first-order chi connectivity index (χ1) is 39.4. The summed E-state index contributed by atoms with van der Waals surface area (Å²) in [5, 5.41) is 2.44. The minimum atomic E-state index is -0.227. The minimum absolute atomic E-state index is 0.000648. The van der Waals surface area contributed by atoms with E-state index in [-0.39, 0.29) is 21.7 Å². The van der Waals surface area contributed by atoms with Crippen LogP contribution in [0.1, 0.15) is 116 Å². The average Bonchev–Trinajstić information content (AvgIpc) is 4.07. The molecule has 0 fully saturated rings. The van der Waals surface area contributed by atoms with Gasteiger partial charge in [-0.2, -0.15) is 0 Å². The molecule has 5 heteroatoms. The molecule has 0 aliphatic carbocycles. The van der Waals surface area contributed by atoms with E-state index in [0.717, 1.165) is 66.9 Å². The highest BCUT2D eigenvalue weighted by Gasteiger charge is 2.29. The minimum Gasteiger partial charge on any atom is -0.310 e. The SMILES string of the molecule is Cc1cc(N(c2cccc(N(c3ccc(C(C)(C)C)cc3)c3ccc4c5ccccc5n(-c5ccccc5)c4c3)c2)c2cc(C(C)(C)C)cc(N(c3ccc(C(C)(C)C)cc3)c3ccc(C(C)(C)C)cc3)c2Br)cc(C)c1-c1ccccc1. The van der Waals surface area contributed by atoms with Crippen LogP contribution in [0.4, 0.5) is 51.2 Å². The molecule has 11 aromatic rings. The van der Waals surface area contributed by atoms with Crippen molar-refractivity contribution in [3.8, 4) is 16.8 Å². The van der Waals surface area contributed by atoms with Crippen molar-refractivity contribution < 1.29 is 0 Å². The van der Waals surface area contributed by atoms with Crippen LogP contribution in [0.15, 0.2) is 229 Å². The van der Waals surface area contributed by atoms with Crippen molar-refractivity contribution >= 4 is 88.9 Å². The van der Waals surface area contributed by atoms with Crippen LogP contribution in [0.3, 0.4) is 0 Å². The fourth-order valence-corrected chi connectivity index (χ4v) is 12.4. The van der Waals surface area contributed by atoms with Crippen LogP contribution >= 0.6 is 15.9 Å². The van der Waals surface area contributed by atoms with E-state index < -0.39 is 0 Å². The van der Waals surface area contributed by atoms with E-state index in [2.05, 4.69) is 357 Å². The Morgan fingerprint density at radius 2 is 0.711 bits per heavy atom. The van der Waals surface area contributed by atoms with Crippen LogP contribution in [0.5, 0.6) is 0 Å². The van der Waals surface area contributed by atoms with E-state index >= 15 is 0 Å². The number of aryl methyl sites for hydroxylation is 2. The Kier molecular flexibility index (Phi) is 15.0. The van der Waals surface area contributed by atoms with Gasteiger partial charge < -0.3 is 19.3 Å². The molecule has 0 bridgehead atoms. The Hall–Kier alpha value is -8.12.